The number of hydrogen-bond acceptors (Lipinski definition) is 3. The lowest BCUT2D eigenvalue weighted by Crippen LogP contribution is -2.36. The van der Waals surface area contributed by atoms with Gasteiger partial charge in [0.2, 0.25) is 11.8 Å². The zero-order chi connectivity index (χ0) is 11.1. The summed E-state index contributed by atoms with van der Waals surface area (Å²) in [5.74, 6) is -2.35. The molecule has 6 nitrogen and oxygen atoms in total. The zero-order valence-electron chi connectivity index (χ0n) is 7.95. The molecule has 4 N–H and O–H groups in total. The van der Waals surface area contributed by atoms with Crippen molar-refractivity contribution in [2.45, 2.75) is 19.8 Å². The Morgan fingerprint density at radius 3 is 2.43 bits per heavy atom. The van der Waals surface area contributed by atoms with Crippen LogP contribution in [0.3, 0.4) is 0 Å². The van der Waals surface area contributed by atoms with Gasteiger partial charge in [-0.05, 0) is 6.42 Å². The minimum atomic E-state index is -0.945. The lowest BCUT2D eigenvalue weighted by Gasteiger charge is -2.09. The molecule has 0 aromatic rings. The molecule has 0 heterocycles. The van der Waals surface area contributed by atoms with Crippen molar-refractivity contribution in [3.63, 3.8) is 0 Å². The number of rotatable bonds is 6. The lowest BCUT2D eigenvalue weighted by atomic mass is 10.1. The highest BCUT2D eigenvalue weighted by atomic mass is 16.4. The number of carbonyl (C=O) groups excluding carboxylic acids is 2. The van der Waals surface area contributed by atoms with Gasteiger partial charge in [-0.1, -0.05) is 6.92 Å². The van der Waals surface area contributed by atoms with Crippen LogP contribution in [-0.2, 0) is 14.4 Å². The van der Waals surface area contributed by atoms with E-state index >= 15 is 0 Å². The zero-order valence-corrected chi connectivity index (χ0v) is 7.95. The number of aliphatic carboxylic acids is 1. The van der Waals surface area contributed by atoms with Crippen LogP contribution in [0.2, 0.25) is 0 Å². The van der Waals surface area contributed by atoms with Gasteiger partial charge < -0.3 is 16.2 Å². The van der Waals surface area contributed by atoms with E-state index in [9.17, 15) is 14.4 Å². The molecule has 0 aliphatic heterocycles. The van der Waals surface area contributed by atoms with Crippen LogP contribution in [0.25, 0.3) is 0 Å². The molecule has 2 amide bonds. The van der Waals surface area contributed by atoms with Crippen LogP contribution >= 0.6 is 0 Å². The Balaban J connectivity index is 3.76. The number of amides is 2. The van der Waals surface area contributed by atoms with Gasteiger partial charge in [0.15, 0.2) is 0 Å². The van der Waals surface area contributed by atoms with E-state index in [0.29, 0.717) is 0 Å². The fraction of sp³-hybridized carbons (Fsp3) is 0.625. The summed E-state index contributed by atoms with van der Waals surface area (Å²) in [4.78, 5) is 31.6. The third-order valence-electron chi connectivity index (χ3n) is 1.68. The maximum atomic E-state index is 11.1. The van der Waals surface area contributed by atoms with E-state index in [0.717, 1.165) is 0 Å². The van der Waals surface area contributed by atoms with Crippen molar-refractivity contribution < 1.29 is 19.5 Å². The van der Waals surface area contributed by atoms with Gasteiger partial charge in [0.25, 0.3) is 0 Å². The highest BCUT2D eigenvalue weighted by Gasteiger charge is 2.14. The number of hydrogen-bond donors (Lipinski definition) is 3. The van der Waals surface area contributed by atoms with Crippen molar-refractivity contribution in [2.75, 3.05) is 6.54 Å². The van der Waals surface area contributed by atoms with Gasteiger partial charge in [-0.15, -0.1) is 0 Å². The molecule has 0 fully saturated rings. The Hall–Kier alpha value is -1.59. The molecular weight excluding hydrogens is 188 g/mol. The van der Waals surface area contributed by atoms with Gasteiger partial charge in [-0.25, -0.2) is 0 Å². The topological polar surface area (TPSA) is 109 Å². The number of primary amides is 1. The lowest BCUT2D eigenvalue weighted by molar-refractivity contribution is -0.137. The Labute approximate surface area is 81.5 Å². The molecule has 0 radical (unpaired) electrons. The second kappa shape index (κ2) is 5.95. The first-order valence-electron chi connectivity index (χ1n) is 4.21. The molecule has 0 aromatic heterocycles. The van der Waals surface area contributed by atoms with Crippen molar-refractivity contribution in [3.05, 3.63) is 0 Å². The first kappa shape index (κ1) is 12.4. The molecule has 0 aromatic carbocycles. The Morgan fingerprint density at radius 2 is 2.00 bits per heavy atom. The van der Waals surface area contributed by atoms with Crippen LogP contribution in [-0.4, -0.2) is 29.4 Å². The Morgan fingerprint density at radius 1 is 1.43 bits per heavy atom. The molecule has 0 unspecified atom stereocenters. The molecule has 80 valence electrons. The number of nitrogens with two attached hydrogens (primary N) is 1. The number of carbonyl (C=O) groups is 3. The minimum Gasteiger partial charge on any atom is -0.481 e. The van der Waals surface area contributed by atoms with Crippen molar-refractivity contribution in [1.29, 1.82) is 0 Å². The molecule has 6 heteroatoms. The monoisotopic (exact) mass is 202 g/mol. The maximum Gasteiger partial charge on any atom is 0.303 e. The number of nitrogens with one attached hydrogen (secondary N) is 1. The fourth-order valence-corrected chi connectivity index (χ4v) is 0.820. The summed E-state index contributed by atoms with van der Waals surface area (Å²) in [6, 6.07) is 0. The molecule has 0 rings (SSSR count). The van der Waals surface area contributed by atoms with Gasteiger partial charge in [-0.2, -0.15) is 0 Å². The van der Waals surface area contributed by atoms with Gasteiger partial charge in [-0.3, -0.25) is 14.4 Å². The van der Waals surface area contributed by atoms with Gasteiger partial charge in [0.05, 0.1) is 6.54 Å². The summed E-state index contributed by atoms with van der Waals surface area (Å²) in [7, 11) is 0. The molecule has 14 heavy (non-hydrogen) atoms. The maximum absolute atomic E-state index is 11.1. The quantitative estimate of drug-likeness (QED) is 0.517. The standard InChI is InChI=1S/C8H14N2O4/c1-5(2-3-7(12)13)8(14)10-4-6(9)11/h5H,2-4H2,1H3,(H2,9,11)(H,10,14)(H,12,13)/t5-/m0/s1. The molecule has 0 aliphatic carbocycles. The van der Waals surface area contributed by atoms with E-state index in [1.807, 2.05) is 0 Å². The average Bonchev–Trinajstić information content (AvgIpc) is 2.09. The van der Waals surface area contributed by atoms with Gasteiger partial charge in [0.1, 0.15) is 0 Å². The summed E-state index contributed by atoms with van der Waals surface area (Å²) in [6.45, 7) is 1.38. The van der Waals surface area contributed by atoms with E-state index in [1.165, 1.54) is 0 Å². The first-order valence-corrected chi connectivity index (χ1v) is 4.21. The summed E-state index contributed by atoms with van der Waals surface area (Å²) < 4.78 is 0. The van der Waals surface area contributed by atoms with Gasteiger partial charge in [0, 0.05) is 12.3 Å². The molecular formula is C8H14N2O4. The first-order chi connectivity index (χ1) is 6.43. The Bertz CT molecular complexity index is 239. The SMILES string of the molecule is C[C@@H](CCC(=O)O)C(=O)NCC(N)=O. The van der Waals surface area contributed by atoms with Crippen molar-refractivity contribution in [3.8, 4) is 0 Å². The molecule has 0 spiro atoms. The second-order valence-electron chi connectivity index (χ2n) is 3.02. The van der Waals surface area contributed by atoms with Crippen LogP contribution in [0.5, 0.6) is 0 Å². The summed E-state index contributed by atoms with van der Waals surface area (Å²) in [5, 5.41) is 10.7. The summed E-state index contributed by atoms with van der Waals surface area (Å²) >= 11 is 0. The smallest absolute Gasteiger partial charge is 0.303 e. The van der Waals surface area contributed by atoms with Crippen molar-refractivity contribution in [2.24, 2.45) is 11.7 Å². The third-order valence-corrected chi connectivity index (χ3v) is 1.68. The van der Waals surface area contributed by atoms with E-state index in [-0.39, 0.29) is 25.3 Å². The van der Waals surface area contributed by atoms with Gasteiger partial charge >= 0.3 is 5.97 Å². The van der Waals surface area contributed by atoms with Crippen LogP contribution in [0, 0.1) is 5.92 Å². The molecule has 0 aliphatic rings. The normalized spacial score (nSPS) is 11.8. The van der Waals surface area contributed by atoms with Crippen molar-refractivity contribution in [1.82, 2.24) is 5.32 Å². The van der Waals surface area contributed by atoms with Crippen molar-refractivity contribution >= 4 is 17.8 Å². The predicted molar refractivity (Wildman–Crippen MR) is 48.2 cm³/mol. The van der Waals surface area contributed by atoms with Crippen LogP contribution in [0.1, 0.15) is 19.8 Å². The highest BCUT2D eigenvalue weighted by Crippen LogP contribution is 2.04. The van der Waals surface area contributed by atoms with E-state index in [4.69, 9.17) is 10.8 Å². The van der Waals surface area contributed by atoms with Crippen LogP contribution in [0.4, 0.5) is 0 Å². The molecule has 1 atom stereocenters. The molecule has 0 saturated carbocycles. The Kier molecular flexibility index (Phi) is 5.28. The predicted octanol–water partition coefficient (Wildman–Crippen LogP) is -0.911. The second-order valence-corrected chi connectivity index (χ2v) is 3.02. The molecule has 0 bridgehead atoms. The van der Waals surface area contributed by atoms with E-state index in [2.05, 4.69) is 5.32 Å². The largest absolute Gasteiger partial charge is 0.481 e. The van der Waals surface area contributed by atoms with E-state index < -0.39 is 17.8 Å². The number of carboxylic acid groups (broad SMARTS) is 1. The van der Waals surface area contributed by atoms with Crippen LogP contribution < -0.4 is 11.1 Å². The van der Waals surface area contributed by atoms with E-state index in [1.54, 1.807) is 6.92 Å². The van der Waals surface area contributed by atoms with Crippen LogP contribution in [0.15, 0.2) is 0 Å². The minimum absolute atomic E-state index is 0.0643. The number of carboxylic acids is 1. The summed E-state index contributed by atoms with van der Waals surface area (Å²) in [5.41, 5.74) is 4.82. The average molecular weight is 202 g/mol. The third kappa shape index (κ3) is 5.99. The summed E-state index contributed by atoms with van der Waals surface area (Å²) in [6.07, 6.45) is 0.186. The highest BCUT2D eigenvalue weighted by molar-refractivity contribution is 5.84. The fourth-order valence-electron chi connectivity index (χ4n) is 0.820. The molecule has 0 saturated heterocycles.